The molecular weight excluding hydrogens is 393 g/mol. The zero-order valence-corrected chi connectivity index (χ0v) is 14.6. The number of hydrogen-bond acceptors (Lipinski definition) is 3. The van der Waals surface area contributed by atoms with E-state index in [1.165, 1.54) is 30.3 Å². The number of rotatable bonds is 6. The Morgan fingerprint density at radius 1 is 1.04 bits per heavy atom. The third-order valence-electron chi connectivity index (χ3n) is 3.25. The number of para-hydroxylation sites is 1. The Morgan fingerprint density at radius 3 is 2.48 bits per heavy atom. The minimum absolute atomic E-state index is 0.00349. The van der Waals surface area contributed by atoms with Crippen molar-refractivity contribution in [2.45, 2.75) is 6.42 Å². The van der Waals surface area contributed by atoms with Gasteiger partial charge in [0.15, 0.2) is 0 Å². The molecule has 3 amide bonds. The van der Waals surface area contributed by atoms with Gasteiger partial charge >= 0.3 is 0 Å². The molecule has 2 rings (SSSR count). The van der Waals surface area contributed by atoms with Gasteiger partial charge in [0, 0.05) is 17.4 Å². The summed E-state index contributed by atoms with van der Waals surface area (Å²) in [5.74, 6) is -2.38. The molecule has 6 nitrogen and oxygen atoms in total. The zero-order valence-electron chi connectivity index (χ0n) is 13.0. The lowest BCUT2D eigenvalue weighted by Crippen LogP contribution is -2.29. The molecule has 0 spiro atoms. The van der Waals surface area contributed by atoms with Crippen LogP contribution < -0.4 is 16.4 Å². The third-order valence-corrected chi connectivity index (χ3v) is 3.74. The number of benzene rings is 2. The van der Waals surface area contributed by atoms with Crippen molar-refractivity contribution >= 4 is 39.3 Å². The molecule has 0 fully saturated rings. The summed E-state index contributed by atoms with van der Waals surface area (Å²) in [4.78, 5) is 35.2. The summed E-state index contributed by atoms with van der Waals surface area (Å²) in [5, 5.41) is 5.05. The molecule has 8 heteroatoms. The number of carbonyl (C=O) groups is 3. The molecule has 4 N–H and O–H groups in total. The summed E-state index contributed by atoms with van der Waals surface area (Å²) in [6.45, 7) is 0.0801. The Hall–Kier alpha value is -2.74. The van der Waals surface area contributed by atoms with Crippen LogP contribution >= 0.6 is 15.9 Å². The summed E-state index contributed by atoms with van der Waals surface area (Å²) in [6, 6.07) is 10.3. The summed E-state index contributed by atoms with van der Waals surface area (Å²) in [7, 11) is 0. The van der Waals surface area contributed by atoms with Gasteiger partial charge in [0.05, 0.1) is 16.8 Å². The molecule has 25 heavy (non-hydrogen) atoms. The highest BCUT2D eigenvalue weighted by molar-refractivity contribution is 9.10. The summed E-state index contributed by atoms with van der Waals surface area (Å²) in [5.41, 5.74) is 5.28. The lowest BCUT2D eigenvalue weighted by atomic mass is 10.1. The molecule has 0 aromatic heterocycles. The quantitative estimate of drug-likeness (QED) is 0.685. The van der Waals surface area contributed by atoms with Gasteiger partial charge in [-0.1, -0.05) is 28.1 Å². The molecule has 0 heterocycles. The van der Waals surface area contributed by atoms with Crippen LogP contribution in [0.2, 0.25) is 0 Å². The van der Waals surface area contributed by atoms with Crippen LogP contribution in [-0.2, 0) is 4.79 Å². The Morgan fingerprint density at radius 2 is 1.76 bits per heavy atom. The predicted molar refractivity (Wildman–Crippen MR) is 94.6 cm³/mol. The van der Waals surface area contributed by atoms with Gasteiger partial charge < -0.3 is 16.4 Å². The van der Waals surface area contributed by atoms with Crippen LogP contribution in [0, 0.1) is 5.82 Å². The topological polar surface area (TPSA) is 101 Å². The van der Waals surface area contributed by atoms with Crippen LogP contribution in [0.15, 0.2) is 46.9 Å². The number of halogens is 2. The first kappa shape index (κ1) is 18.6. The molecule has 0 atom stereocenters. The molecule has 0 bridgehead atoms. The maximum atomic E-state index is 13.8. The molecule has 2 aromatic carbocycles. The number of hydrogen-bond donors (Lipinski definition) is 3. The summed E-state index contributed by atoms with van der Waals surface area (Å²) in [6.07, 6.45) is 0.00349. The van der Waals surface area contributed by atoms with Crippen molar-refractivity contribution in [3.8, 4) is 0 Å². The van der Waals surface area contributed by atoms with E-state index in [-0.39, 0.29) is 29.8 Å². The number of primary amides is 1. The van der Waals surface area contributed by atoms with Crippen molar-refractivity contribution in [3.05, 3.63) is 63.9 Å². The highest BCUT2D eigenvalue weighted by atomic mass is 79.9. The van der Waals surface area contributed by atoms with Crippen molar-refractivity contribution in [1.29, 1.82) is 0 Å². The van der Waals surface area contributed by atoms with Crippen LogP contribution in [0.4, 0.5) is 10.1 Å². The number of nitrogens with two attached hydrogens (primary N) is 1. The molecular formula is C17H15BrFN3O3. The van der Waals surface area contributed by atoms with E-state index in [2.05, 4.69) is 26.6 Å². The standard InChI is InChI=1S/C17H15BrFN3O3/c18-10-5-6-13(19)12(9-10)17(25)22-14-4-2-1-3-11(14)16(24)21-8-7-15(20)23/h1-6,9H,7-8H2,(H2,20,23)(H,21,24)(H,22,25). The van der Waals surface area contributed by atoms with Gasteiger partial charge in [-0.3, -0.25) is 14.4 Å². The van der Waals surface area contributed by atoms with E-state index in [4.69, 9.17) is 5.73 Å². The first-order valence-corrected chi connectivity index (χ1v) is 8.09. The van der Waals surface area contributed by atoms with Crippen LogP contribution in [0.1, 0.15) is 27.1 Å². The fourth-order valence-electron chi connectivity index (χ4n) is 2.05. The van der Waals surface area contributed by atoms with Gasteiger partial charge in [0.1, 0.15) is 5.82 Å². The van der Waals surface area contributed by atoms with Gasteiger partial charge in [-0.15, -0.1) is 0 Å². The molecule has 0 aliphatic heterocycles. The summed E-state index contributed by atoms with van der Waals surface area (Å²) >= 11 is 3.18. The van der Waals surface area contributed by atoms with Crippen molar-refractivity contribution in [3.63, 3.8) is 0 Å². The Balaban J connectivity index is 2.17. The van der Waals surface area contributed by atoms with Crippen molar-refractivity contribution in [1.82, 2.24) is 5.32 Å². The molecule has 0 radical (unpaired) electrons. The summed E-state index contributed by atoms with van der Waals surface area (Å²) < 4.78 is 14.4. The average Bonchev–Trinajstić information content (AvgIpc) is 2.57. The fraction of sp³-hybridized carbons (Fsp3) is 0.118. The highest BCUT2D eigenvalue weighted by Gasteiger charge is 2.16. The van der Waals surface area contributed by atoms with Crippen molar-refractivity contribution < 1.29 is 18.8 Å². The van der Waals surface area contributed by atoms with E-state index in [1.54, 1.807) is 12.1 Å². The second-order valence-corrected chi connectivity index (χ2v) is 6.01. The molecule has 0 aliphatic carbocycles. The van der Waals surface area contributed by atoms with Gasteiger partial charge in [-0.05, 0) is 30.3 Å². The lowest BCUT2D eigenvalue weighted by Gasteiger charge is -2.11. The Labute approximate surface area is 151 Å². The third kappa shape index (κ3) is 5.12. The van der Waals surface area contributed by atoms with E-state index in [0.29, 0.717) is 4.47 Å². The molecule has 0 saturated carbocycles. The molecule has 0 aliphatic rings. The maximum Gasteiger partial charge on any atom is 0.258 e. The Kier molecular flexibility index (Phi) is 6.24. The maximum absolute atomic E-state index is 13.8. The monoisotopic (exact) mass is 407 g/mol. The van der Waals surface area contributed by atoms with Gasteiger partial charge in [-0.25, -0.2) is 4.39 Å². The highest BCUT2D eigenvalue weighted by Crippen LogP contribution is 2.19. The number of amides is 3. The van der Waals surface area contributed by atoms with E-state index in [9.17, 15) is 18.8 Å². The van der Waals surface area contributed by atoms with Gasteiger partial charge in [0.25, 0.3) is 11.8 Å². The van der Waals surface area contributed by atoms with Gasteiger partial charge in [-0.2, -0.15) is 0 Å². The molecule has 0 unspecified atom stereocenters. The van der Waals surface area contributed by atoms with E-state index in [1.807, 2.05) is 0 Å². The smallest absolute Gasteiger partial charge is 0.258 e. The normalized spacial score (nSPS) is 10.2. The Bertz CT molecular complexity index is 827. The average molecular weight is 408 g/mol. The number of anilines is 1. The van der Waals surface area contributed by atoms with Crippen LogP contribution in [0.3, 0.4) is 0 Å². The van der Waals surface area contributed by atoms with Crippen LogP contribution in [0.25, 0.3) is 0 Å². The van der Waals surface area contributed by atoms with E-state index >= 15 is 0 Å². The van der Waals surface area contributed by atoms with Crippen molar-refractivity contribution in [2.24, 2.45) is 5.73 Å². The lowest BCUT2D eigenvalue weighted by molar-refractivity contribution is -0.117. The second kappa shape index (κ2) is 8.39. The zero-order chi connectivity index (χ0) is 18.4. The van der Waals surface area contributed by atoms with Crippen molar-refractivity contribution in [2.75, 3.05) is 11.9 Å². The number of nitrogens with one attached hydrogen (secondary N) is 2. The molecule has 130 valence electrons. The number of carbonyl (C=O) groups excluding carboxylic acids is 3. The van der Waals surface area contributed by atoms with E-state index in [0.717, 1.165) is 0 Å². The largest absolute Gasteiger partial charge is 0.370 e. The molecule has 2 aromatic rings. The van der Waals surface area contributed by atoms with Gasteiger partial charge in [0.2, 0.25) is 5.91 Å². The van der Waals surface area contributed by atoms with E-state index < -0.39 is 23.5 Å². The molecule has 0 saturated heterocycles. The van der Waals surface area contributed by atoms with Crippen LogP contribution in [-0.4, -0.2) is 24.3 Å². The second-order valence-electron chi connectivity index (χ2n) is 5.10. The minimum Gasteiger partial charge on any atom is -0.370 e. The first-order valence-electron chi connectivity index (χ1n) is 7.30. The fourth-order valence-corrected chi connectivity index (χ4v) is 2.41. The first-order chi connectivity index (χ1) is 11.9. The SMILES string of the molecule is NC(=O)CCNC(=O)c1ccccc1NC(=O)c1cc(Br)ccc1F. The minimum atomic E-state index is -0.684. The van der Waals surface area contributed by atoms with Crippen LogP contribution in [0.5, 0.6) is 0 Å². The predicted octanol–water partition coefficient (Wildman–Crippen LogP) is 2.45.